The zero-order valence-corrected chi connectivity index (χ0v) is 14.3. The summed E-state index contributed by atoms with van der Waals surface area (Å²) in [6, 6.07) is 8.75. The van der Waals surface area contributed by atoms with E-state index in [4.69, 9.17) is 0 Å². The molecule has 0 atom stereocenters. The number of anilines is 1. The SMILES string of the molecule is Cc1ccc(-c2csc(NC(=O)CNC3CCCCC3)n2)cc1. The topological polar surface area (TPSA) is 54.0 Å². The van der Waals surface area contributed by atoms with Crippen LogP contribution < -0.4 is 10.6 Å². The molecule has 1 fully saturated rings. The van der Waals surface area contributed by atoms with Gasteiger partial charge in [0.25, 0.3) is 0 Å². The number of hydrogen-bond donors (Lipinski definition) is 2. The van der Waals surface area contributed by atoms with Crippen LogP contribution in [0.15, 0.2) is 29.6 Å². The molecule has 0 bridgehead atoms. The molecule has 1 aliphatic rings. The summed E-state index contributed by atoms with van der Waals surface area (Å²) in [4.78, 5) is 16.5. The Morgan fingerprint density at radius 1 is 1.22 bits per heavy atom. The molecule has 122 valence electrons. The van der Waals surface area contributed by atoms with Crippen molar-refractivity contribution in [3.63, 3.8) is 0 Å². The predicted molar refractivity (Wildman–Crippen MR) is 95.8 cm³/mol. The van der Waals surface area contributed by atoms with Crippen molar-refractivity contribution < 1.29 is 4.79 Å². The van der Waals surface area contributed by atoms with Gasteiger partial charge in [0, 0.05) is 17.0 Å². The summed E-state index contributed by atoms with van der Waals surface area (Å²) < 4.78 is 0. The second kappa shape index (κ2) is 7.70. The van der Waals surface area contributed by atoms with Gasteiger partial charge in [-0.25, -0.2) is 4.98 Å². The number of carbonyl (C=O) groups excluding carboxylic acids is 1. The standard InChI is InChI=1S/C18H23N3OS/c1-13-7-9-14(10-8-13)16-12-23-18(20-16)21-17(22)11-19-15-5-3-2-4-6-15/h7-10,12,15,19H,2-6,11H2,1H3,(H,20,21,22). The molecule has 3 rings (SSSR count). The Morgan fingerprint density at radius 2 is 1.96 bits per heavy atom. The molecule has 0 radical (unpaired) electrons. The molecule has 1 amide bonds. The number of aryl methyl sites for hydroxylation is 1. The van der Waals surface area contributed by atoms with Crippen molar-refractivity contribution in [2.45, 2.75) is 45.1 Å². The molecule has 1 aromatic heterocycles. The number of thiazole rings is 1. The van der Waals surface area contributed by atoms with E-state index >= 15 is 0 Å². The molecule has 2 aromatic rings. The number of hydrogen-bond acceptors (Lipinski definition) is 4. The molecule has 1 aliphatic carbocycles. The second-order valence-corrected chi connectivity index (χ2v) is 7.03. The predicted octanol–water partition coefficient (Wildman–Crippen LogP) is 3.98. The average molecular weight is 329 g/mol. The highest BCUT2D eigenvalue weighted by atomic mass is 32.1. The highest BCUT2D eigenvalue weighted by molar-refractivity contribution is 7.14. The molecular weight excluding hydrogens is 306 g/mol. The van der Waals surface area contributed by atoms with Gasteiger partial charge in [0.15, 0.2) is 5.13 Å². The smallest absolute Gasteiger partial charge is 0.240 e. The molecule has 1 heterocycles. The summed E-state index contributed by atoms with van der Waals surface area (Å²) >= 11 is 1.47. The number of amides is 1. The summed E-state index contributed by atoms with van der Waals surface area (Å²) in [5.74, 6) is -0.0135. The van der Waals surface area contributed by atoms with Gasteiger partial charge in [-0.15, -0.1) is 11.3 Å². The highest BCUT2D eigenvalue weighted by Gasteiger charge is 2.14. The zero-order valence-electron chi connectivity index (χ0n) is 13.5. The van der Waals surface area contributed by atoms with E-state index in [0.717, 1.165) is 11.3 Å². The molecule has 5 heteroatoms. The minimum Gasteiger partial charge on any atom is -0.306 e. The maximum absolute atomic E-state index is 12.0. The van der Waals surface area contributed by atoms with Crippen LogP contribution in [0.4, 0.5) is 5.13 Å². The van der Waals surface area contributed by atoms with Gasteiger partial charge in [0.05, 0.1) is 12.2 Å². The Balaban J connectivity index is 1.51. The lowest BCUT2D eigenvalue weighted by atomic mass is 9.95. The first-order valence-electron chi connectivity index (χ1n) is 8.26. The van der Waals surface area contributed by atoms with Gasteiger partial charge in [-0.1, -0.05) is 49.1 Å². The van der Waals surface area contributed by atoms with Gasteiger partial charge in [-0.2, -0.15) is 0 Å². The van der Waals surface area contributed by atoms with Crippen LogP contribution in [0.25, 0.3) is 11.3 Å². The Bertz CT molecular complexity index is 645. The Morgan fingerprint density at radius 3 is 2.70 bits per heavy atom. The Hall–Kier alpha value is -1.72. The average Bonchev–Trinajstić information content (AvgIpc) is 3.03. The molecule has 0 unspecified atom stereocenters. The van der Waals surface area contributed by atoms with E-state index in [2.05, 4.69) is 46.8 Å². The zero-order chi connectivity index (χ0) is 16.1. The molecular formula is C18H23N3OS. The first-order valence-corrected chi connectivity index (χ1v) is 9.14. The van der Waals surface area contributed by atoms with E-state index in [9.17, 15) is 4.79 Å². The van der Waals surface area contributed by atoms with Gasteiger partial charge in [0.2, 0.25) is 5.91 Å². The van der Waals surface area contributed by atoms with E-state index in [1.807, 2.05) is 5.38 Å². The summed E-state index contributed by atoms with van der Waals surface area (Å²) in [7, 11) is 0. The van der Waals surface area contributed by atoms with Crippen LogP contribution in [0.5, 0.6) is 0 Å². The van der Waals surface area contributed by atoms with Crippen LogP contribution in [0.1, 0.15) is 37.7 Å². The van der Waals surface area contributed by atoms with Gasteiger partial charge >= 0.3 is 0 Å². The second-order valence-electron chi connectivity index (χ2n) is 6.17. The maximum atomic E-state index is 12.0. The monoisotopic (exact) mass is 329 g/mol. The third-order valence-corrected chi connectivity index (χ3v) is 5.01. The van der Waals surface area contributed by atoms with Crippen LogP contribution in [0.3, 0.4) is 0 Å². The lowest BCUT2D eigenvalue weighted by molar-refractivity contribution is -0.115. The van der Waals surface area contributed by atoms with Crippen molar-refractivity contribution in [3.05, 3.63) is 35.2 Å². The molecule has 0 saturated heterocycles. The van der Waals surface area contributed by atoms with Crippen molar-refractivity contribution in [1.82, 2.24) is 10.3 Å². The third-order valence-electron chi connectivity index (χ3n) is 4.25. The third kappa shape index (κ3) is 4.62. The number of carbonyl (C=O) groups is 1. The Kier molecular flexibility index (Phi) is 5.41. The minimum absolute atomic E-state index is 0.0135. The quantitative estimate of drug-likeness (QED) is 0.872. The van der Waals surface area contributed by atoms with Crippen LogP contribution >= 0.6 is 11.3 Å². The highest BCUT2D eigenvalue weighted by Crippen LogP contribution is 2.25. The lowest BCUT2D eigenvalue weighted by Gasteiger charge is -2.22. The van der Waals surface area contributed by atoms with Gasteiger partial charge in [-0.3, -0.25) is 4.79 Å². The van der Waals surface area contributed by atoms with Gasteiger partial charge in [-0.05, 0) is 19.8 Å². The summed E-state index contributed by atoms with van der Waals surface area (Å²) in [6.07, 6.45) is 6.23. The van der Waals surface area contributed by atoms with E-state index in [1.54, 1.807) is 0 Å². The Labute approximate surface area is 141 Å². The fraction of sp³-hybridized carbons (Fsp3) is 0.444. The van der Waals surface area contributed by atoms with Gasteiger partial charge in [0.1, 0.15) is 0 Å². The molecule has 23 heavy (non-hydrogen) atoms. The first-order chi connectivity index (χ1) is 11.2. The van der Waals surface area contributed by atoms with Crippen LogP contribution in [-0.4, -0.2) is 23.5 Å². The fourth-order valence-corrected chi connectivity index (χ4v) is 3.63. The van der Waals surface area contributed by atoms with Crippen LogP contribution in [0, 0.1) is 6.92 Å². The van der Waals surface area contributed by atoms with Crippen molar-refractivity contribution in [3.8, 4) is 11.3 Å². The maximum Gasteiger partial charge on any atom is 0.240 e. The van der Waals surface area contributed by atoms with Crippen LogP contribution in [0.2, 0.25) is 0 Å². The van der Waals surface area contributed by atoms with E-state index < -0.39 is 0 Å². The van der Waals surface area contributed by atoms with Gasteiger partial charge < -0.3 is 10.6 Å². The van der Waals surface area contributed by atoms with Crippen molar-refractivity contribution in [1.29, 1.82) is 0 Å². The first kappa shape index (κ1) is 16.1. The number of nitrogens with one attached hydrogen (secondary N) is 2. The van der Waals surface area contributed by atoms with Crippen molar-refractivity contribution in [2.75, 3.05) is 11.9 Å². The molecule has 0 aliphatic heterocycles. The van der Waals surface area contributed by atoms with E-state index in [-0.39, 0.29) is 5.91 Å². The fourth-order valence-electron chi connectivity index (χ4n) is 2.90. The minimum atomic E-state index is -0.0135. The molecule has 1 aromatic carbocycles. The van der Waals surface area contributed by atoms with Crippen molar-refractivity contribution >= 4 is 22.4 Å². The summed E-state index contributed by atoms with van der Waals surface area (Å²) in [5.41, 5.74) is 3.21. The van der Waals surface area contributed by atoms with E-state index in [0.29, 0.717) is 17.7 Å². The lowest BCUT2D eigenvalue weighted by Crippen LogP contribution is -2.37. The summed E-state index contributed by atoms with van der Waals surface area (Å²) in [5, 5.41) is 8.88. The molecule has 0 spiro atoms. The normalized spacial score (nSPS) is 15.5. The number of benzene rings is 1. The van der Waals surface area contributed by atoms with Crippen molar-refractivity contribution in [2.24, 2.45) is 0 Å². The number of nitrogens with zero attached hydrogens (tertiary/aromatic N) is 1. The van der Waals surface area contributed by atoms with Crippen LogP contribution in [-0.2, 0) is 4.79 Å². The van der Waals surface area contributed by atoms with E-state index in [1.165, 1.54) is 49.0 Å². The molecule has 2 N–H and O–H groups in total. The summed E-state index contributed by atoms with van der Waals surface area (Å²) in [6.45, 7) is 2.43. The number of rotatable bonds is 5. The number of aromatic nitrogens is 1. The molecule has 1 saturated carbocycles. The largest absolute Gasteiger partial charge is 0.306 e. The molecule has 4 nitrogen and oxygen atoms in total.